The molecule has 30 heavy (non-hydrogen) atoms. The van der Waals surface area contributed by atoms with E-state index in [9.17, 15) is 29.1 Å². The summed E-state index contributed by atoms with van der Waals surface area (Å²) in [4.78, 5) is 57.6. The molecular weight excluding hydrogens is 426 g/mol. The Morgan fingerprint density at radius 3 is 2.10 bits per heavy atom. The highest BCUT2D eigenvalue weighted by Crippen LogP contribution is 2.32. The van der Waals surface area contributed by atoms with Crippen molar-refractivity contribution < 1.29 is 52.8 Å². The number of nitrogens with one attached hydrogen (secondary N) is 1. The van der Waals surface area contributed by atoms with Crippen LogP contribution in [0.3, 0.4) is 0 Å². The topological polar surface area (TPSA) is 164 Å². The average Bonchev–Trinajstić information content (AvgIpc) is 2.63. The quantitative estimate of drug-likeness (QED) is 0.360. The lowest BCUT2D eigenvalue weighted by molar-refractivity contribution is -0.231. The highest BCUT2D eigenvalue weighted by molar-refractivity contribution is 8.14. The molecule has 170 valence electrons. The Kier molecular flexibility index (Phi) is 10.6. The first kappa shape index (κ1) is 25.7. The van der Waals surface area contributed by atoms with E-state index in [1.807, 2.05) is 0 Å². The van der Waals surface area contributed by atoms with Crippen molar-refractivity contribution in [1.82, 2.24) is 5.32 Å². The van der Waals surface area contributed by atoms with E-state index in [0.717, 1.165) is 20.8 Å². The molecule has 0 aromatic heterocycles. The predicted octanol–water partition coefficient (Wildman–Crippen LogP) is -0.495. The maximum absolute atomic E-state index is 12.1. The first-order chi connectivity index (χ1) is 14.0. The minimum absolute atomic E-state index is 0.145. The number of carbonyl (C=O) groups excluding carboxylic acids is 5. The summed E-state index contributed by atoms with van der Waals surface area (Å²) in [5.41, 5.74) is -1.29. The lowest BCUT2D eigenvalue weighted by atomic mass is 9.99. The largest absolute Gasteiger partial charge is 0.465 e. The Morgan fingerprint density at radius 1 is 0.967 bits per heavy atom. The third-order valence-electron chi connectivity index (χ3n) is 3.58. The fourth-order valence-electron chi connectivity index (χ4n) is 2.49. The molecule has 1 fully saturated rings. The van der Waals surface area contributed by atoms with Crippen LogP contribution in [0.5, 0.6) is 0 Å². The van der Waals surface area contributed by atoms with Crippen LogP contribution in [0, 0.1) is 0 Å². The summed E-state index contributed by atoms with van der Waals surface area (Å²) < 4.78 is 25.4. The molecular formula is C17H25NO11S. The zero-order chi connectivity index (χ0) is 22.8. The summed E-state index contributed by atoms with van der Waals surface area (Å²) in [7, 11) is 0. The van der Waals surface area contributed by atoms with Crippen LogP contribution in [0.2, 0.25) is 0 Å². The molecule has 1 amide bonds. The number of thioether (sulfide) groups is 1. The second kappa shape index (κ2) is 12.3. The zero-order valence-corrected chi connectivity index (χ0v) is 17.8. The first-order valence-corrected chi connectivity index (χ1v) is 9.84. The van der Waals surface area contributed by atoms with Gasteiger partial charge in [0.15, 0.2) is 12.2 Å². The van der Waals surface area contributed by atoms with Gasteiger partial charge >= 0.3 is 23.9 Å². The SMILES string of the molecule is CCOC(=O)CNC(=O)SC1O[C@H](COC(C)=O)[C@@H](OC(C)=O)[C@H](OC(C)=O)[C@H]1O. The van der Waals surface area contributed by atoms with E-state index in [1.54, 1.807) is 6.92 Å². The molecule has 0 radical (unpaired) electrons. The molecule has 2 N–H and O–H groups in total. The maximum Gasteiger partial charge on any atom is 0.325 e. The van der Waals surface area contributed by atoms with Crippen LogP contribution in [0.15, 0.2) is 0 Å². The minimum atomic E-state index is -1.58. The van der Waals surface area contributed by atoms with Crippen LogP contribution in [0.4, 0.5) is 4.79 Å². The summed E-state index contributed by atoms with van der Waals surface area (Å²) in [6, 6.07) is 0. The Labute approximate surface area is 176 Å². The van der Waals surface area contributed by atoms with Gasteiger partial charge in [-0.05, 0) is 18.7 Å². The number of aliphatic hydroxyl groups excluding tert-OH is 1. The molecule has 13 heteroatoms. The third kappa shape index (κ3) is 8.55. The van der Waals surface area contributed by atoms with Crippen LogP contribution in [0.1, 0.15) is 27.7 Å². The number of amides is 1. The minimum Gasteiger partial charge on any atom is -0.465 e. The lowest BCUT2D eigenvalue weighted by Crippen LogP contribution is -2.60. The molecule has 0 aliphatic carbocycles. The van der Waals surface area contributed by atoms with E-state index in [-0.39, 0.29) is 13.2 Å². The van der Waals surface area contributed by atoms with Crippen molar-refractivity contribution in [2.24, 2.45) is 0 Å². The van der Waals surface area contributed by atoms with Gasteiger partial charge in [-0.25, -0.2) is 0 Å². The number of aliphatic hydroxyl groups is 1. The highest BCUT2D eigenvalue weighted by Gasteiger charge is 2.50. The Balaban J connectivity index is 2.96. The Hall–Kier alpha value is -2.38. The van der Waals surface area contributed by atoms with Gasteiger partial charge in [0.25, 0.3) is 5.24 Å². The summed E-state index contributed by atoms with van der Waals surface area (Å²) in [5.74, 6) is -2.83. The molecule has 0 spiro atoms. The van der Waals surface area contributed by atoms with Crippen molar-refractivity contribution in [3.8, 4) is 0 Å². The number of carbonyl (C=O) groups is 5. The van der Waals surface area contributed by atoms with Gasteiger partial charge < -0.3 is 34.1 Å². The van der Waals surface area contributed by atoms with E-state index in [2.05, 4.69) is 10.1 Å². The van der Waals surface area contributed by atoms with Crippen molar-refractivity contribution in [1.29, 1.82) is 0 Å². The van der Waals surface area contributed by atoms with Gasteiger partial charge in [-0.1, -0.05) is 0 Å². The number of rotatable bonds is 8. The fraction of sp³-hybridized carbons (Fsp3) is 0.706. The summed E-state index contributed by atoms with van der Waals surface area (Å²) >= 11 is 0.476. The summed E-state index contributed by atoms with van der Waals surface area (Å²) in [6.07, 6.45) is -5.40. The number of esters is 4. The van der Waals surface area contributed by atoms with Crippen molar-refractivity contribution in [3.63, 3.8) is 0 Å². The van der Waals surface area contributed by atoms with Gasteiger partial charge in [0.05, 0.1) is 6.61 Å². The average molecular weight is 451 g/mol. The first-order valence-electron chi connectivity index (χ1n) is 8.96. The van der Waals surface area contributed by atoms with Gasteiger partial charge in [0, 0.05) is 20.8 Å². The van der Waals surface area contributed by atoms with Crippen LogP contribution in [-0.2, 0) is 42.9 Å². The van der Waals surface area contributed by atoms with Gasteiger partial charge in [-0.2, -0.15) is 0 Å². The molecule has 0 saturated carbocycles. The molecule has 1 heterocycles. The van der Waals surface area contributed by atoms with Crippen molar-refractivity contribution >= 4 is 40.9 Å². The smallest absolute Gasteiger partial charge is 0.325 e. The third-order valence-corrected chi connectivity index (χ3v) is 4.56. The van der Waals surface area contributed by atoms with Gasteiger partial charge in [-0.3, -0.25) is 24.0 Å². The lowest BCUT2D eigenvalue weighted by Gasteiger charge is -2.42. The van der Waals surface area contributed by atoms with Gasteiger partial charge in [0.2, 0.25) is 0 Å². The van der Waals surface area contributed by atoms with E-state index in [1.165, 1.54) is 0 Å². The number of ether oxygens (including phenoxy) is 5. The molecule has 1 rings (SSSR count). The molecule has 12 nitrogen and oxygen atoms in total. The molecule has 1 aliphatic heterocycles. The van der Waals surface area contributed by atoms with Crippen molar-refractivity contribution in [2.75, 3.05) is 19.8 Å². The normalized spacial score (nSPS) is 25.6. The van der Waals surface area contributed by atoms with E-state index in [4.69, 9.17) is 18.9 Å². The molecule has 0 aromatic rings. The van der Waals surface area contributed by atoms with Crippen LogP contribution >= 0.6 is 11.8 Å². The molecule has 1 aliphatic rings. The Bertz CT molecular complexity index is 656. The summed E-state index contributed by atoms with van der Waals surface area (Å²) in [5, 5.41) is 12.1. The van der Waals surface area contributed by atoms with Crippen LogP contribution in [0.25, 0.3) is 0 Å². The maximum atomic E-state index is 12.1. The molecule has 0 aromatic carbocycles. The number of hydrogen-bond acceptors (Lipinski definition) is 12. The second-order valence-electron chi connectivity index (χ2n) is 6.05. The fourth-order valence-corrected chi connectivity index (χ4v) is 3.35. The molecule has 5 atom stereocenters. The van der Waals surface area contributed by atoms with Crippen molar-refractivity contribution in [2.45, 2.75) is 57.5 Å². The van der Waals surface area contributed by atoms with Crippen LogP contribution in [-0.4, -0.2) is 83.8 Å². The summed E-state index contributed by atoms with van der Waals surface area (Å²) in [6.45, 7) is 4.30. The standard InChI is InChI=1S/C17H25NO11S/c1-5-25-12(22)6-18-17(24)30-16-13(23)15(28-10(4)21)14(27-9(3)20)11(29-16)7-26-8(2)19/h11,13-16,23H,5-7H2,1-4H3,(H,18,24)/t11-,13-,14-,15-,16?/m1/s1. The molecule has 1 saturated heterocycles. The molecule has 0 bridgehead atoms. The monoisotopic (exact) mass is 451 g/mol. The second-order valence-corrected chi connectivity index (χ2v) is 7.12. The van der Waals surface area contributed by atoms with E-state index in [0.29, 0.717) is 11.8 Å². The highest BCUT2D eigenvalue weighted by atomic mass is 32.2. The number of hydrogen-bond donors (Lipinski definition) is 2. The van der Waals surface area contributed by atoms with E-state index < -0.39 is 65.5 Å². The Morgan fingerprint density at radius 2 is 1.57 bits per heavy atom. The van der Waals surface area contributed by atoms with Crippen LogP contribution < -0.4 is 5.32 Å². The van der Waals surface area contributed by atoms with Crippen molar-refractivity contribution in [3.05, 3.63) is 0 Å². The predicted molar refractivity (Wildman–Crippen MR) is 100 cm³/mol. The molecule has 1 unspecified atom stereocenters. The van der Waals surface area contributed by atoms with E-state index >= 15 is 0 Å². The van der Waals surface area contributed by atoms with Gasteiger partial charge in [-0.15, -0.1) is 0 Å². The van der Waals surface area contributed by atoms with Gasteiger partial charge in [0.1, 0.15) is 30.8 Å². The zero-order valence-electron chi connectivity index (χ0n) is 16.9.